The zero-order chi connectivity index (χ0) is 16.7. The van der Waals surface area contributed by atoms with Crippen LogP contribution in [0.15, 0.2) is 54.7 Å². The first-order valence-electron chi connectivity index (χ1n) is 7.54. The number of carbonyl (C=O) groups is 1. The van der Waals surface area contributed by atoms with Gasteiger partial charge in [0.25, 0.3) is 0 Å². The SMILES string of the molecule is O=C1CC(c2ccc(O)cc2)c2cnn(-c3ccc(F)cc3)c2N1. The molecule has 120 valence electrons. The van der Waals surface area contributed by atoms with Crippen molar-refractivity contribution in [3.8, 4) is 11.4 Å². The molecule has 24 heavy (non-hydrogen) atoms. The van der Waals surface area contributed by atoms with Gasteiger partial charge in [-0.3, -0.25) is 4.79 Å². The summed E-state index contributed by atoms with van der Waals surface area (Å²) in [5, 5.41) is 16.7. The molecule has 1 unspecified atom stereocenters. The number of halogens is 1. The second-order valence-corrected chi connectivity index (χ2v) is 5.73. The third-order valence-electron chi connectivity index (χ3n) is 4.19. The Morgan fingerprint density at radius 3 is 2.54 bits per heavy atom. The summed E-state index contributed by atoms with van der Waals surface area (Å²) < 4.78 is 14.7. The highest BCUT2D eigenvalue weighted by Crippen LogP contribution is 2.38. The number of amides is 1. The summed E-state index contributed by atoms with van der Waals surface area (Å²) in [6.45, 7) is 0. The lowest BCUT2D eigenvalue weighted by atomic mass is 9.87. The van der Waals surface area contributed by atoms with Gasteiger partial charge in [0, 0.05) is 17.9 Å². The first-order valence-corrected chi connectivity index (χ1v) is 7.54. The number of anilines is 1. The van der Waals surface area contributed by atoms with Crippen molar-refractivity contribution in [3.05, 3.63) is 71.7 Å². The molecule has 1 aromatic heterocycles. The van der Waals surface area contributed by atoms with E-state index in [1.165, 1.54) is 12.1 Å². The van der Waals surface area contributed by atoms with Crippen LogP contribution in [-0.4, -0.2) is 20.8 Å². The van der Waals surface area contributed by atoms with Crippen molar-refractivity contribution in [2.24, 2.45) is 0 Å². The third kappa shape index (κ3) is 2.42. The van der Waals surface area contributed by atoms with Crippen LogP contribution in [0.5, 0.6) is 5.75 Å². The molecule has 4 rings (SSSR count). The number of rotatable bonds is 2. The van der Waals surface area contributed by atoms with Gasteiger partial charge in [0.05, 0.1) is 11.9 Å². The van der Waals surface area contributed by atoms with Crippen LogP contribution in [0.25, 0.3) is 5.69 Å². The van der Waals surface area contributed by atoms with E-state index >= 15 is 0 Å². The molecule has 3 aromatic rings. The molecule has 0 bridgehead atoms. The molecule has 0 saturated carbocycles. The maximum absolute atomic E-state index is 13.1. The number of phenolic OH excluding ortho intramolecular Hbond substituents is 1. The summed E-state index contributed by atoms with van der Waals surface area (Å²) in [5.41, 5.74) is 2.50. The number of nitrogens with one attached hydrogen (secondary N) is 1. The monoisotopic (exact) mass is 323 g/mol. The van der Waals surface area contributed by atoms with Gasteiger partial charge in [-0.15, -0.1) is 0 Å². The number of benzene rings is 2. The number of phenols is 1. The number of aromatic hydroxyl groups is 1. The highest BCUT2D eigenvalue weighted by molar-refractivity contribution is 5.94. The highest BCUT2D eigenvalue weighted by Gasteiger charge is 2.30. The molecule has 6 heteroatoms. The Balaban J connectivity index is 1.80. The molecule has 0 aliphatic carbocycles. The van der Waals surface area contributed by atoms with Crippen molar-refractivity contribution < 1.29 is 14.3 Å². The Hall–Kier alpha value is -3.15. The van der Waals surface area contributed by atoms with Crippen molar-refractivity contribution in [3.63, 3.8) is 0 Å². The lowest BCUT2D eigenvalue weighted by Crippen LogP contribution is -2.24. The van der Waals surface area contributed by atoms with Crippen LogP contribution in [0.4, 0.5) is 10.2 Å². The molecular formula is C18H14FN3O2. The smallest absolute Gasteiger partial charge is 0.226 e. The molecule has 2 N–H and O–H groups in total. The van der Waals surface area contributed by atoms with E-state index in [1.54, 1.807) is 47.3 Å². The van der Waals surface area contributed by atoms with Gasteiger partial charge in [-0.2, -0.15) is 5.10 Å². The van der Waals surface area contributed by atoms with Crippen LogP contribution in [0.1, 0.15) is 23.5 Å². The Labute approximate surface area is 137 Å². The Bertz CT molecular complexity index is 901. The van der Waals surface area contributed by atoms with Crippen molar-refractivity contribution in [2.75, 3.05) is 5.32 Å². The van der Waals surface area contributed by atoms with E-state index in [-0.39, 0.29) is 23.4 Å². The Kier molecular flexibility index (Phi) is 3.30. The minimum absolute atomic E-state index is 0.107. The molecule has 0 spiro atoms. The number of fused-ring (bicyclic) bond motifs is 1. The number of carbonyl (C=O) groups excluding carboxylic acids is 1. The minimum Gasteiger partial charge on any atom is -0.508 e. The third-order valence-corrected chi connectivity index (χ3v) is 4.19. The number of hydrogen-bond acceptors (Lipinski definition) is 3. The lowest BCUT2D eigenvalue weighted by Gasteiger charge is -2.23. The minimum atomic E-state index is -0.328. The van der Waals surface area contributed by atoms with Crippen LogP contribution in [0, 0.1) is 5.82 Å². The van der Waals surface area contributed by atoms with Crippen LogP contribution in [0.2, 0.25) is 0 Å². The number of hydrogen-bond donors (Lipinski definition) is 2. The van der Waals surface area contributed by atoms with E-state index in [0.29, 0.717) is 17.9 Å². The summed E-state index contributed by atoms with van der Waals surface area (Å²) in [5.74, 6) is 0.205. The molecule has 1 aliphatic heterocycles. The van der Waals surface area contributed by atoms with E-state index < -0.39 is 0 Å². The predicted octanol–water partition coefficient (Wildman–Crippen LogP) is 3.19. The maximum atomic E-state index is 13.1. The van der Waals surface area contributed by atoms with Crippen LogP contribution >= 0.6 is 0 Å². The zero-order valence-corrected chi connectivity index (χ0v) is 12.6. The number of aromatic nitrogens is 2. The molecule has 1 aliphatic rings. The summed E-state index contributed by atoms with van der Waals surface area (Å²) >= 11 is 0. The summed E-state index contributed by atoms with van der Waals surface area (Å²) in [4.78, 5) is 12.2. The fourth-order valence-electron chi connectivity index (χ4n) is 3.00. The van der Waals surface area contributed by atoms with E-state index in [1.807, 2.05) is 0 Å². The van der Waals surface area contributed by atoms with Crippen molar-refractivity contribution >= 4 is 11.7 Å². The van der Waals surface area contributed by atoms with Gasteiger partial charge in [0.1, 0.15) is 17.4 Å². The normalized spacial score (nSPS) is 16.5. The van der Waals surface area contributed by atoms with Crippen molar-refractivity contribution in [1.82, 2.24) is 9.78 Å². The molecule has 2 heterocycles. The predicted molar refractivity (Wildman–Crippen MR) is 86.7 cm³/mol. The van der Waals surface area contributed by atoms with E-state index in [2.05, 4.69) is 10.4 Å². The topological polar surface area (TPSA) is 67.1 Å². The van der Waals surface area contributed by atoms with E-state index in [9.17, 15) is 14.3 Å². The summed E-state index contributed by atoms with van der Waals surface area (Å²) in [6.07, 6.45) is 2.03. The Morgan fingerprint density at radius 2 is 1.83 bits per heavy atom. The average Bonchev–Trinajstić information content (AvgIpc) is 2.99. The Morgan fingerprint density at radius 1 is 1.12 bits per heavy atom. The van der Waals surface area contributed by atoms with Gasteiger partial charge in [-0.1, -0.05) is 12.1 Å². The highest BCUT2D eigenvalue weighted by atomic mass is 19.1. The second-order valence-electron chi connectivity index (χ2n) is 5.73. The van der Waals surface area contributed by atoms with Gasteiger partial charge in [-0.25, -0.2) is 9.07 Å². The van der Waals surface area contributed by atoms with Gasteiger partial charge in [-0.05, 0) is 42.0 Å². The first kappa shape index (κ1) is 14.4. The molecule has 1 atom stereocenters. The van der Waals surface area contributed by atoms with Crippen LogP contribution < -0.4 is 5.32 Å². The van der Waals surface area contributed by atoms with E-state index in [4.69, 9.17) is 0 Å². The molecule has 0 radical (unpaired) electrons. The molecule has 1 amide bonds. The quantitative estimate of drug-likeness (QED) is 0.761. The second kappa shape index (κ2) is 5.49. The van der Waals surface area contributed by atoms with Gasteiger partial charge < -0.3 is 10.4 Å². The molecule has 0 fully saturated rings. The zero-order valence-electron chi connectivity index (χ0n) is 12.6. The molecular weight excluding hydrogens is 309 g/mol. The standard InChI is InChI=1S/C18H14FN3O2/c19-12-3-5-13(6-4-12)22-18-16(10-20-22)15(9-17(24)21-18)11-1-7-14(23)8-2-11/h1-8,10,15,23H,9H2,(H,21,24). The van der Waals surface area contributed by atoms with Crippen LogP contribution in [-0.2, 0) is 4.79 Å². The van der Waals surface area contributed by atoms with Gasteiger partial charge in [0.15, 0.2) is 0 Å². The van der Waals surface area contributed by atoms with Crippen molar-refractivity contribution in [1.29, 1.82) is 0 Å². The van der Waals surface area contributed by atoms with Gasteiger partial charge >= 0.3 is 0 Å². The van der Waals surface area contributed by atoms with E-state index in [0.717, 1.165) is 11.1 Å². The molecule has 0 saturated heterocycles. The largest absolute Gasteiger partial charge is 0.508 e. The van der Waals surface area contributed by atoms with Gasteiger partial charge in [0.2, 0.25) is 5.91 Å². The maximum Gasteiger partial charge on any atom is 0.226 e. The lowest BCUT2D eigenvalue weighted by molar-refractivity contribution is -0.116. The molecule has 2 aromatic carbocycles. The first-order chi connectivity index (χ1) is 11.6. The average molecular weight is 323 g/mol. The fraction of sp³-hybridized carbons (Fsp3) is 0.111. The number of nitrogens with zero attached hydrogens (tertiary/aromatic N) is 2. The van der Waals surface area contributed by atoms with Crippen molar-refractivity contribution in [2.45, 2.75) is 12.3 Å². The summed E-state index contributed by atoms with van der Waals surface area (Å²) in [6, 6.07) is 12.7. The molecule has 5 nitrogen and oxygen atoms in total. The van der Waals surface area contributed by atoms with Crippen LogP contribution in [0.3, 0.4) is 0 Å². The fourth-order valence-corrected chi connectivity index (χ4v) is 3.00. The summed E-state index contributed by atoms with van der Waals surface area (Å²) in [7, 11) is 0.